The number of alkyl halides is 3. The van der Waals surface area contributed by atoms with Crippen LogP contribution >= 0.6 is 0 Å². The highest BCUT2D eigenvalue weighted by atomic mass is 19.4. The van der Waals surface area contributed by atoms with Crippen LogP contribution < -0.4 is 0 Å². The number of hydrogen-bond acceptors (Lipinski definition) is 0. The molecule has 0 spiro atoms. The van der Waals surface area contributed by atoms with Crippen molar-refractivity contribution >= 4 is 0 Å². The lowest BCUT2D eigenvalue weighted by Gasteiger charge is -2.46. The molecule has 2 aliphatic rings. The topological polar surface area (TPSA) is 0 Å². The monoisotopic (exact) mass is 392 g/mol. The van der Waals surface area contributed by atoms with E-state index < -0.39 is 23.4 Å². The van der Waals surface area contributed by atoms with Crippen molar-refractivity contribution in [2.45, 2.75) is 43.7 Å². The summed E-state index contributed by atoms with van der Waals surface area (Å²) in [6, 6.07) is 7.71. The van der Waals surface area contributed by atoms with Gasteiger partial charge in [-0.2, -0.15) is 13.2 Å². The first-order chi connectivity index (χ1) is 13.3. The van der Waals surface area contributed by atoms with Gasteiger partial charge in [-0.05, 0) is 84.2 Å². The van der Waals surface area contributed by atoms with E-state index >= 15 is 0 Å². The molecule has 0 radical (unpaired) electrons. The minimum absolute atomic E-state index is 0.00184. The van der Waals surface area contributed by atoms with E-state index in [9.17, 15) is 22.0 Å². The van der Waals surface area contributed by atoms with E-state index in [0.29, 0.717) is 12.0 Å². The third-order valence-electron chi connectivity index (χ3n) is 6.50. The Labute approximate surface area is 161 Å². The number of halogens is 5. The molecule has 0 saturated heterocycles. The molecule has 148 valence electrons. The Bertz CT molecular complexity index is 881. The molecule has 5 heteroatoms. The fourth-order valence-corrected chi connectivity index (χ4v) is 5.28. The molecular weight excluding hydrogens is 371 g/mol. The summed E-state index contributed by atoms with van der Waals surface area (Å²) in [6.45, 7) is 3.93. The van der Waals surface area contributed by atoms with Crippen LogP contribution in [0.4, 0.5) is 22.0 Å². The van der Waals surface area contributed by atoms with Crippen molar-refractivity contribution in [1.82, 2.24) is 0 Å². The average Bonchev–Trinajstić information content (AvgIpc) is 2.66. The molecular formula is C23H21F5. The molecule has 2 aromatic rings. The van der Waals surface area contributed by atoms with E-state index in [4.69, 9.17) is 0 Å². The van der Waals surface area contributed by atoms with Crippen molar-refractivity contribution in [3.63, 3.8) is 0 Å². The molecule has 0 nitrogen and oxygen atoms in total. The Balaban J connectivity index is 1.73. The second-order valence-corrected chi connectivity index (χ2v) is 7.89. The fourth-order valence-electron chi connectivity index (χ4n) is 5.28. The fraction of sp³-hybridized carbons (Fsp3) is 0.391. The maximum absolute atomic E-state index is 14.2. The van der Waals surface area contributed by atoms with Gasteiger partial charge < -0.3 is 0 Å². The summed E-state index contributed by atoms with van der Waals surface area (Å²) in [5.74, 6) is -0.796. The Hall–Kier alpha value is -2.17. The quantitative estimate of drug-likeness (QED) is 0.381. The van der Waals surface area contributed by atoms with Gasteiger partial charge in [-0.1, -0.05) is 18.2 Å². The maximum atomic E-state index is 14.2. The summed E-state index contributed by atoms with van der Waals surface area (Å²) < 4.78 is 66.9. The molecule has 1 fully saturated rings. The molecule has 4 atom stereocenters. The second kappa shape index (κ2) is 7.02. The van der Waals surface area contributed by atoms with Gasteiger partial charge in [-0.3, -0.25) is 0 Å². The Kier molecular flexibility index (Phi) is 4.80. The van der Waals surface area contributed by atoms with E-state index in [-0.39, 0.29) is 23.7 Å². The number of allylic oxidation sites excluding steroid dienone is 1. The van der Waals surface area contributed by atoms with E-state index in [0.717, 1.165) is 48.6 Å². The lowest BCUT2D eigenvalue weighted by molar-refractivity contribution is -0.137. The van der Waals surface area contributed by atoms with Gasteiger partial charge in [0.2, 0.25) is 0 Å². The number of fused-ring (bicyclic) bond motifs is 3. The Morgan fingerprint density at radius 3 is 2.32 bits per heavy atom. The first-order valence-electron chi connectivity index (χ1n) is 9.57. The standard InChI is InChI=1S/C23H21F5/c1-2-13-5-8-17-19(10-9-18-20(17)11-16(24)12-21(18)25)22(13)14-3-6-15(7-4-14)23(26,27)28/h2-4,6-7,11-13,17,19,22H,1,5,8-10H2/t13-,17-,19+,22-/m1/s1. The molecule has 0 aromatic heterocycles. The van der Waals surface area contributed by atoms with Crippen molar-refractivity contribution in [2.75, 3.05) is 0 Å². The van der Waals surface area contributed by atoms with Gasteiger partial charge in [0.1, 0.15) is 11.6 Å². The molecule has 0 heterocycles. The van der Waals surface area contributed by atoms with Crippen molar-refractivity contribution in [3.05, 3.63) is 82.9 Å². The first-order valence-corrected chi connectivity index (χ1v) is 9.57. The molecule has 0 unspecified atom stereocenters. The van der Waals surface area contributed by atoms with Gasteiger partial charge in [-0.15, -0.1) is 6.58 Å². The normalized spacial score (nSPS) is 27.0. The van der Waals surface area contributed by atoms with Gasteiger partial charge in [0.25, 0.3) is 0 Å². The van der Waals surface area contributed by atoms with Crippen molar-refractivity contribution < 1.29 is 22.0 Å². The van der Waals surface area contributed by atoms with Gasteiger partial charge >= 0.3 is 6.18 Å². The predicted octanol–water partition coefficient (Wildman–Crippen LogP) is 7.01. The van der Waals surface area contributed by atoms with Crippen molar-refractivity contribution in [1.29, 1.82) is 0 Å². The molecule has 2 aromatic carbocycles. The molecule has 1 saturated carbocycles. The third kappa shape index (κ3) is 3.25. The molecule has 2 aliphatic carbocycles. The highest BCUT2D eigenvalue weighted by Crippen LogP contribution is 2.54. The Morgan fingerprint density at radius 2 is 1.68 bits per heavy atom. The smallest absolute Gasteiger partial charge is 0.207 e. The minimum Gasteiger partial charge on any atom is -0.207 e. The number of hydrogen-bond donors (Lipinski definition) is 0. The minimum atomic E-state index is -4.37. The molecule has 4 rings (SSSR count). The summed E-state index contributed by atoms with van der Waals surface area (Å²) in [6.07, 6.45) is 0.354. The Morgan fingerprint density at radius 1 is 0.964 bits per heavy atom. The van der Waals surface area contributed by atoms with Crippen LogP contribution in [0.5, 0.6) is 0 Å². The lowest BCUT2D eigenvalue weighted by Crippen LogP contribution is -2.35. The molecule has 0 N–H and O–H groups in total. The zero-order valence-corrected chi connectivity index (χ0v) is 15.3. The van der Waals surface area contributed by atoms with E-state index in [1.165, 1.54) is 6.07 Å². The second-order valence-electron chi connectivity index (χ2n) is 7.89. The van der Waals surface area contributed by atoms with Crippen LogP contribution in [-0.4, -0.2) is 0 Å². The van der Waals surface area contributed by atoms with Crippen LogP contribution in [0, 0.1) is 23.5 Å². The molecule has 0 amide bonds. The van der Waals surface area contributed by atoms with Crippen molar-refractivity contribution in [3.8, 4) is 0 Å². The average molecular weight is 392 g/mol. The van der Waals surface area contributed by atoms with Crippen LogP contribution in [0.15, 0.2) is 49.1 Å². The summed E-state index contributed by atoms with van der Waals surface area (Å²) in [5, 5.41) is 0. The van der Waals surface area contributed by atoms with Gasteiger partial charge in [0.05, 0.1) is 5.56 Å². The third-order valence-corrected chi connectivity index (χ3v) is 6.50. The van der Waals surface area contributed by atoms with Gasteiger partial charge in [0.15, 0.2) is 0 Å². The van der Waals surface area contributed by atoms with E-state index in [1.807, 2.05) is 6.08 Å². The van der Waals surface area contributed by atoms with E-state index in [2.05, 4.69) is 6.58 Å². The number of benzene rings is 2. The summed E-state index contributed by atoms with van der Waals surface area (Å²) in [5.41, 5.74) is 1.49. The molecule has 0 aliphatic heterocycles. The van der Waals surface area contributed by atoms with Crippen LogP contribution in [0.1, 0.15) is 53.4 Å². The highest BCUT2D eigenvalue weighted by Gasteiger charge is 2.43. The van der Waals surface area contributed by atoms with Gasteiger partial charge in [-0.25, -0.2) is 8.78 Å². The highest BCUT2D eigenvalue weighted by molar-refractivity contribution is 5.39. The van der Waals surface area contributed by atoms with E-state index in [1.54, 1.807) is 12.1 Å². The zero-order chi connectivity index (χ0) is 20.1. The van der Waals surface area contributed by atoms with Gasteiger partial charge in [0, 0.05) is 6.07 Å². The largest absolute Gasteiger partial charge is 0.416 e. The number of rotatable bonds is 2. The molecule has 28 heavy (non-hydrogen) atoms. The molecule has 0 bridgehead atoms. The van der Waals surface area contributed by atoms with Crippen LogP contribution in [0.25, 0.3) is 0 Å². The summed E-state index contributed by atoms with van der Waals surface area (Å²) >= 11 is 0. The summed E-state index contributed by atoms with van der Waals surface area (Å²) in [7, 11) is 0. The van der Waals surface area contributed by atoms with Crippen LogP contribution in [-0.2, 0) is 12.6 Å². The maximum Gasteiger partial charge on any atom is 0.416 e. The lowest BCUT2D eigenvalue weighted by atomic mass is 9.58. The van der Waals surface area contributed by atoms with Crippen LogP contribution in [0.3, 0.4) is 0 Å². The zero-order valence-electron chi connectivity index (χ0n) is 15.3. The SMILES string of the molecule is C=C[C@@H]1CC[C@H]2c3cc(F)cc(F)c3CC[C@@H]2[C@H]1c1ccc(C(F)(F)F)cc1. The summed E-state index contributed by atoms with van der Waals surface area (Å²) in [4.78, 5) is 0. The first kappa shape index (κ1) is 19.2. The van der Waals surface area contributed by atoms with Crippen molar-refractivity contribution in [2.24, 2.45) is 11.8 Å². The van der Waals surface area contributed by atoms with Crippen LogP contribution in [0.2, 0.25) is 0 Å². The predicted molar refractivity (Wildman–Crippen MR) is 98.0 cm³/mol.